The summed E-state index contributed by atoms with van der Waals surface area (Å²) in [6.45, 7) is 13.7. The maximum atomic E-state index is 3.64. The van der Waals surface area contributed by atoms with Gasteiger partial charge in [-0.15, -0.1) is 0 Å². The van der Waals surface area contributed by atoms with Gasteiger partial charge in [0.25, 0.3) is 0 Å². The molecule has 2 aliphatic carbocycles. The van der Waals surface area contributed by atoms with Crippen molar-refractivity contribution in [2.24, 2.45) is 16.7 Å². The molecule has 4 unspecified atom stereocenters. The molecule has 0 amide bonds. The van der Waals surface area contributed by atoms with Crippen LogP contribution in [-0.4, -0.2) is 36.6 Å². The molecule has 3 aliphatic rings. The van der Waals surface area contributed by atoms with Crippen LogP contribution in [0.3, 0.4) is 0 Å². The van der Waals surface area contributed by atoms with Gasteiger partial charge in [0.15, 0.2) is 0 Å². The molecule has 104 valence electrons. The lowest BCUT2D eigenvalue weighted by molar-refractivity contribution is 0.00712. The fraction of sp³-hybridized carbons (Fsp3) is 1.00. The van der Waals surface area contributed by atoms with E-state index >= 15 is 0 Å². The van der Waals surface area contributed by atoms with Crippen LogP contribution < -0.4 is 5.32 Å². The number of nitrogens with zero attached hydrogens (tertiary/aromatic N) is 1. The summed E-state index contributed by atoms with van der Waals surface area (Å²) in [5.41, 5.74) is 1.13. The van der Waals surface area contributed by atoms with Gasteiger partial charge in [0.2, 0.25) is 0 Å². The Labute approximate surface area is 113 Å². The second kappa shape index (κ2) is 4.21. The van der Waals surface area contributed by atoms with Gasteiger partial charge in [0.1, 0.15) is 0 Å². The first-order valence-corrected chi connectivity index (χ1v) is 7.91. The largest absolute Gasteiger partial charge is 0.313 e. The van der Waals surface area contributed by atoms with Crippen molar-refractivity contribution >= 4 is 0 Å². The van der Waals surface area contributed by atoms with Gasteiger partial charge in [0.05, 0.1) is 0 Å². The minimum atomic E-state index is 0.528. The van der Waals surface area contributed by atoms with Crippen molar-refractivity contribution in [3.05, 3.63) is 0 Å². The van der Waals surface area contributed by atoms with Crippen molar-refractivity contribution in [1.82, 2.24) is 10.2 Å². The van der Waals surface area contributed by atoms with Gasteiger partial charge in [-0.05, 0) is 55.9 Å². The third-order valence-electron chi connectivity index (χ3n) is 6.30. The van der Waals surface area contributed by atoms with E-state index in [4.69, 9.17) is 0 Å². The summed E-state index contributed by atoms with van der Waals surface area (Å²) >= 11 is 0. The Balaban J connectivity index is 1.82. The summed E-state index contributed by atoms with van der Waals surface area (Å²) in [5, 5.41) is 3.64. The highest BCUT2D eigenvalue weighted by Gasteiger charge is 2.60. The number of rotatable bonds is 1. The maximum absolute atomic E-state index is 3.64. The van der Waals surface area contributed by atoms with Crippen LogP contribution in [0.2, 0.25) is 0 Å². The van der Waals surface area contributed by atoms with Crippen LogP contribution in [0.15, 0.2) is 0 Å². The van der Waals surface area contributed by atoms with Crippen LogP contribution in [0.5, 0.6) is 0 Å². The summed E-state index contributed by atoms with van der Waals surface area (Å²) in [6, 6.07) is 1.51. The average molecular weight is 250 g/mol. The van der Waals surface area contributed by atoms with E-state index in [0.717, 1.165) is 12.0 Å². The van der Waals surface area contributed by atoms with Gasteiger partial charge in [-0.3, -0.25) is 4.90 Å². The number of hydrogen-bond donors (Lipinski definition) is 1. The van der Waals surface area contributed by atoms with Crippen LogP contribution in [-0.2, 0) is 0 Å². The second-order valence-corrected chi connectivity index (χ2v) is 8.00. The Hall–Kier alpha value is -0.0800. The monoisotopic (exact) mass is 250 g/mol. The molecule has 3 rings (SSSR count). The molecule has 0 radical (unpaired) electrons. The molecule has 4 atom stereocenters. The number of hydrogen-bond acceptors (Lipinski definition) is 2. The molecule has 1 N–H and O–H groups in total. The van der Waals surface area contributed by atoms with Crippen molar-refractivity contribution < 1.29 is 0 Å². The van der Waals surface area contributed by atoms with Gasteiger partial charge in [-0.2, -0.15) is 0 Å². The molecule has 0 aromatic rings. The number of fused-ring (bicyclic) bond motifs is 2. The van der Waals surface area contributed by atoms with Gasteiger partial charge in [-0.1, -0.05) is 20.8 Å². The van der Waals surface area contributed by atoms with Crippen molar-refractivity contribution in [3.63, 3.8) is 0 Å². The predicted molar refractivity (Wildman–Crippen MR) is 76.7 cm³/mol. The molecule has 1 heterocycles. The zero-order valence-electron chi connectivity index (χ0n) is 12.6. The van der Waals surface area contributed by atoms with Crippen molar-refractivity contribution in [2.45, 2.75) is 65.5 Å². The minimum Gasteiger partial charge on any atom is -0.313 e. The first-order chi connectivity index (χ1) is 8.43. The highest BCUT2D eigenvalue weighted by atomic mass is 15.2. The van der Waals surface area contributed by atoms with Gasteiger partial charge < -0.3 is 5.32 Å². The molecule has 1 aliphatic heterocycles. The third kappa shape index (κ3) is 1.84. The van der Waals surface area contributed by atoms with E-state index in [-0.39, 0.29) is 0 Å². The van der Waals surface area contributed by atoms with Gasteiger partial charge in [0, 0.05) is 25.2 Å². The highest BCUT2D eigenvalue weighted by molar-refractivity contribution is 5.12. The third-order valence-corrected chi connectivity index (χ3v) is 6.30. The van der Waals surface area contributed by atoms with Crippen molar-refractivity contribution in [3.8, 4) is 0 Å². The lowest BCUT2D eigenvalue weighted by Crippen LogP contribution is -2.53. The van der Waals surface area contributed by atoms with E-state index in [0.29, 0.717) is 16.9 Å². The Kier molecular flexibility index (Phi) is 3.02. The fourth-order valence-electron chi connectivity index (χ4n) is 5.47. The van der Waals surface area contributed by atoms with Crippen LogP contribution >= 0.6 is 0 Å². The molecule has 0 aromatic heterocycles. The van der Waals surface area contributed by atoms with E-state index in [1.165, 1.54) is 45.3 Å². The lowest BCUT2D eigenvalue weighted by Gasteiger charge is -2.48. The molecular weight excluding hydrogens is 220 g/mol. The van der Waals surface area contributed by atoms with E-state index in [1.807, 2.05) is 0 Å². The highest BCUT2D eigenvalue weighted by Crippen LogP contribution is 2.64. The Morgan fingerprint density at radius 1 is 1.11 bits per heavy atom. The standard InChI is InChI=1S/C16H30N2/c1-12-6-9-18(10-8-17-12)14-15(2,3)13-5-7-16(14,4)11-13/h12-14,17H,5-11H2,1-4H3. The van der Waals surface area contributed by atoms with Crippen molar-refractivity contribution in [2.75, 3.05) is 19.6 Å². The molecule has 1 saturated heterocycles. The van der Waals surface area contributed by atoms with E-state index < -0.39 is 0 Å². The fourth-order valence-corrected chi connectivity index (χ4v) is 5.47. The van der Waals surface area contributed by atoms with Crippen LogP contribution in [0, 0.1) is 16.7 Å². The minimum absolute atomic E-state index is 0.528. The zero-order valence-corrected chi connectivity index (χ0v) is 12.6. The molecule has 18 heavy (non-hydrogen) atoms. The maximum Gasteiger partial charge on any atom is 0.0203 e. The molecule has 0 spiro atoms. The SMILES string of the molecule is CC1CCN(C2C3(C)CCC(C3)C2(C)C)CCN1. The topological polar surface area (TPSA) is 15.3 Å². The Bertz CT molecular complexity index is 320. The summed E-state index contributed by atoms with van der Waals surface area (Å²) in [4.78, 5) is 2.83. The normalized spacial score (nSPS) is 48.3. The molecular formula is C16H30N2. The quantitative estimate of drug-likeness (QED) is 0.770. The predicted octanol–water partition coefficient (Wildman–Crippen LogP) is 2.89. The van der Waals surface area contributed by atoms with E-state index in [2.05, 4.69) is 37.9 Å². The van der Waals surface area contributed by atoms with Gasteiger partial charge in [-0.25, -0.2) is 0 Å². The summed E-state index contributed by atoms with van der Waals surface area (Å²) < 4.78 is 0. The van der Waals surface area contributed by atoms with E-state index in [1.54, 1.807) is 0 Å². The Morgan fingerprint density at radius 3 is 2.56 bits per heavy atom. The summed E-state index contributed by atoms with van der Waals surface area (Å²) in [6.07, 6.45) is 5.73. The zero-order chi connectivity index (χ0) is 13.0. The van der Waals surface area contributed by atoms with Crippen LogP contribution in [0.1, 0.15) is 53.4 Å². The summed E-state index contributed by atoms with van der Waals surface area (Å²) in [5.74, 6) is 0.973. The van der Waals surface area contributed by atoms with E-state index in [9.17, 15) is 0 Å². The first-order valence-electron chi connectivity index (χ1n) is 7.91. The molecule has 2 heteroatoms. The molecule has 2 bridgehead atoms. The molecule has 2 nitrogen and oxygen atoms in total. The molecule has 2 saturated carbocycles. The van der Waals surface area contributed by atoms with Crippen LogP contribution in [0.4, 0.5) is 0 Å². The average Bonchev–Trinajstić information content (AvgIpc) is 2.66. The van der Waals surface area contributed by atoms with Crippen molar-refractivity contribution in [1.29, 1.82) is 0 Å². The molecule has 0 aromatic carbocycles. The Morgan fingerprint density at radius 2 is 1.89 bits per heavy atom. The smallest absolute Gasteiger partial charge is 0.0203 e. The van der Waals surface area contributed by atoms with Crippen LogP contribution in [0.25, 0.3) is 0 Å². The summed E-state index contributed by atoms with van der Waals surface area (Å²) in [7, 11) is 0. The second-order valence-electron chi connectivity index (χ2n) is 8.00. The lowest BCUT2D eigenvalue weighted by atomic mass is 9.67. The van der Waals surface area contributed by atoms with Gasteiger partial charge >= 0.3 is 0 Å². The first kappa shape index (κ1) is 12.9. The molecule has 3 fully saturated rings. The number of nitrogens with one attached hydrogen (secondary N) is 1.